The summed E-state index contributed by atoms with van der Waals surface area (Å²) in [5.41, 5.74) is 3.43. The van der Waals surface area contributed by atoms with E-state index in [2.05, 4.69) is 53.5 Å². The summed E-state index contributed by atoms with van der Waals surface area (Å²) in [4.78, 5) is 8.84. The predicted molar refractivity (Wildman–Crippen MR) is 105 cm³/mol. The highest BCUT2D eigenvalue weighted by atomic mass is 19.1. The number of rotatable bonds is 4. The van der Waals surface area contributed by atoms with Crippen LogP contribution in [0, 0.1) is 12.7 Å². The molecular formula is C21H23FN4. The second-order valence-electron chi connectivity index (χ2n) is 7.28. The standard InChI is InChI=1S/C21H23FN4/c1-14-13-19(25-18-8-6-5-7-17(18)22)26-20(23-14)24-16-11-9-15(10-12-16)21(2,3)4/h5-13H,1-4H3,(H2,23,24,25,26). The van der Waals surface area contributed by atoms with Crippen molar-refractivity contribution in [2.45, 2.75) is 33.1 Å². The Labute approximate surface area is 153 Å². The quantitative estimate of drug-likeness (QED) is 0.633. The summed E-state index contributed by atoms with van der Waals surface area (Å²) in [5, 5.41) is 6.21. The molecule has 0 atom stereocenters. The minimum atomic E-state index is -0.323. The lowest BCUT2D eigenvalue weighted by molar-refractivity contribution is 0.590. The zero-order chi connectivity index (χ0) is 18.7. The van der Waals surface area contributed by atoms with Crippen LogP contribution in [0.15, 0.2) is 54.6 Å². The molecule has 0 spiro atoms. The lowest BCUT2D eigenvalue weighted by atomic mass is 9.87. The zero-order valence-corrected chi connectivity index (χ0v) is 15.5. The fourth-order valence-corrected chi connectivity index (χ4v) is 2.57. The van der Waals surface area contributed by atoms with E-state index in [-0.39, 0.29) is 11.2 Å². The van der Waals surface area contributed by atoms with E-state index in [9.17, 15) is 4.39 Å². The third-order valence-electron chi connectivity index (χ3n) is 4.00. The molecule has 1 aromatic heterocycles. The molecule has 0 saturated carbocycles. The van der Waals surface area contributed by atoms with Gasteiger partial charge >= 0.3 is 0 Å². The molecule has 0 radical (unpaired) electrons. The second-order valence-corrected chi connectivity index (χ2v) is 7.28. The SMILES string of the molecule is Cc1cc(Nc2ccccc2F)nc(Nc2ccc(C(C)(C)C)cc2)n1. The van der Waals surface area contributed by atoms with Crippen LogP contribution in [0.3, 0.4) is 0 Å². The van der Waals surface area contributed by atoms with Crippen LogP contribution in [0.4, 0.5) is 27.5 Å². The minimum Gasteiger partial charge on any atom is -0.338 e. The first-order valence-electron chi connectivity index (χ1n) is 8.56. The van der Waals surface area contributed by atoms with Crippen molar-refractivity contribution in [3.05, 3.63) is 71.7 Å². The van der Waals surface area contributed by atoms with Gasteiger partial charge in [-0.15, -0.1) is 0 Å². The summed E-state index contributed by atoms with van der Waals surface area (Å²) in [6.07, 6.45) is 0. The van der Waals surface area contributed by atoms with E-state index in [0.29, 0.717) is 17.5 Å². The maximum atomic E-state index is 13.8. The molecule has 3 aromatic rings. The third-order valence-corrected chi connectivity index (χ3v) is 4.00. The Kier molecular flexibility index (Phi) is 4.89. The molecule has 0 aliphatic heterocycles. The van der Waals surface area contributed by atoms with Crippen LogP contribution < -0.4 is 10.6 Å². The highest BCUT2D eigenvalue weighted by molar-refractivity contribution is 5.60. The van der Waals surface area contributed by atoms with Gasteiger partial charge in [0, 0.05) is 17.4 Å². The van der Waals surface area contributed by atoms with Crippen molar-refractivity contribution < 1.29 is 4.39 Å². The van der Waals surface area contributed by atoms with Gasteiger partial charge in [-0.1, -0.05) is 45.0 Å². The van der Waals surface area contributed by atoms with Crippen LogP contribution in [0.5, 0.6) is 0 Å². The van der Waals surface area contributed by atoms with Gasteiger partial charge in [-0.25, -0.2) is 9.37 Å². The van der Waals surface area contributed by atoms with E-state index in [4.69, 9.17) is 0 Å². The van der Waals surface area contributed by atoms with Gasteiger partial charge in [0.15, 0.2) is 0 Å². The van der Waals surface area contributed by atoms with Crippen LogP contribution >= 0.6 is 0 Å². The molecular weight excluding hydrogens is 327 g/mol. The molecule has 2 N–H and O–H groups in total. The van der Waals surface area contributed by atoms with Crippen LogP contribution in [0.25, 0.3) is 0 Å². The minimum absolute atomic E-state index is 0.106. The Morgan fingerprint density at radius 3 is 2.23 bits per heavy atom. The largest absolute Gasteiger partial charge is 0.338 e. The van der Waals surface area contributed by atoms with E-state index in [1.54, 1.807) is 24.3 Å². The first kappa shape index (κ1) is 17.9. The molecule has 0 fully saturated rings. The van der Waals surface area contributed by atoms with E-state index in [0.717, 1.165) is 11.4 Å². The summed E-state index contributed by atoms with van der Waals surface area (Å²) in [6.45, 7) is 8.42. The van der Waals surface area contributed by atoms with Crippen LogP contribution in [0.2, 0.25) is 0 Å². The van der Waals surface area contributed by atoms with E-state index >= 15 is 0 Å². The second kappa shape index (κ2) is 7.12. The van der Waals surface area contributed by atoms with E-state index in [1.165, 1.54) is 11.6 Å². The summed E-state index contributed by atoms with van der Waals surface area (Å²) < 4.78 is 13.8. The van der Waals surface area contributed by atoms with Gasteiger partial charge in [0.1, 0.15) is 11.6 Å². The van der Waals surface area contributed by atoms with Gasteiger partial charge in [-0.05, 0) is 42.2 Å². The zero-order valence-electron chi connectivity index (χ0n) is 15.5. The fraction of sp³-hybridized carbons (Fsp3) is 0.238. The fourth-order valence-electron chi connectivity index (χ4n) is 2.57. The summed E-state index contributed by atoms with van der Waals surface area (Å²) in [6, 6.07) is 16.5. The first-order chi connectivity index (χ1) is 12.3. The summed E-state index contributed by atoms with van der Waals surface area (Å²) in [5.74, 6) is 0.680. The Balaban J connectivity index is 1.80. The van der Waals surface area contributed by atoms with Crippen molar-refractivity contribution in [1.82, 2.24) is 9.97 Å². The Morgan fingerprint density at radius 2 is 1.58 bits per heavy atom. The summed E-state index contributed by atoms with van der Waals surface area (Å²) >= 11 is 0. The Bertz CT molecular complexity index is 899. The maximum Gasteiger partial charge on any atom is 0.229 e. The van der Waals surface area contributed by atoms with Crippen molar-refractivity contribution in [3.8, 4) is 0 Å². The molecule has 0 unspecified atom stereocenters. The highest BCUT2D eigenvalue weighted by Gasteiger charge is 2.13. The molecule has 5 heteroatoms. The van der Waals surface area contributed by atoms with Crippen molar-refractivity contribution in [2.24, 2.45) is 0 Å². The van der Waals surface area contributed by atoms with E-state index < -0.39 is 0 Å². The van der Waals surface area contributed by atoms with Crippen molar-refractivity contribution in [2.75, 3.05) is 10.6 Å². The number of benzene rings is 2. The molecule has 0 amide bonds. The smallest absolute Gasteiger partial charge is 0.229 e. The molecule has 3 rings (SSSR count). The van der Waals surface area contributed by atoms with Gasteiger partial charge in [-0.2, -0.15) is 4.98 Å². The number of aryl methyl sites for hydroxylation is 1. The molecule has 4 nitrogen and oxygen atoms in total. The number of hydrogen-bond acceptors (Lipinski definition) is 4. The third kappa shape index (κ3) is 4.36. The number of hydrogen-bond donors (Lipinski definition) is 2. The highest BCUT2D eigenvalue weighted by Crippen LogP contribution is 2.25. The molecule has 0 bridgehead atoms. The average Bonchev–Trinajstić information content (AvgIpc) is 2.56. The van der Waals surface area contributed by atoms with Crippen molar-refractivity contribution >= 4 is 23.1 Å². The number of nitrogens with one attached hydrogen (secondary N) is 2. The van der Waals surface area contributed by atoms with Crippen LogP contribution in [0.1, 0.15) is 32.0 Å². The van der Waals surface area contributed by atoms with Crippen molar-refractivity contribution in [3.63, 3.8) is 0 Å². The van der Waals surface area contributed by atoms with E-state index in [1.807, 2.05) is 19.1 Å². The summed E-state index contributed by atoms with van der Waals surface area (Å²) in [7, 11) is 0. The molecule has 0 aliphatic carbocycles. The molecule has 134 valence electrons. The van der Waals surface area contributed by atoms with Crippen LogP contribution in [-0.2, 0) is 5.41 Å². The van der Waals surface area contributed by atoms with Crippen molar-refractivity contribution in [1.29, 1.82) is 0 Å². The number of para-hydroxylation sites is 1. The maximum absolute atomic E-state index is 13.8. The lowest BCUT2D eigenvalue weighted by Crippen LogP contribution is -2.10. The topological polar surface area (TPSA) is 49.8 Å². The molecule has 0 saturated heterocycles. The normalized spacial score (nSPS) is 11.3. The number of aromatic nitrogens is 2. The molecule has 2 aromatic carbocycles. The van der Waals surface area contributed by atoms with Gasteiger partial charge in [-0.3, -0.25) is 0 Å². The van der Waals surface area contributed by atoms with Gasteiger partial charge < -0.3 is 10.6 Å². The number of anilines is 4. The monoisotopic (exact) mass is 350 g/mol. The Morgan fingerprint density at radius 1 is 0.885 bits per heavy atom. The number of nitrogens with zero attached hydrogens (tertiary/aromatic N) is 2. The molecule has 0 aliphatic rings. The average molecular weight is 350 g/mol. The molecule has 26 heavy (non-hydrogen) atoms. The van der Waals surface area contributed by atoms with Gasteiger partial charge in [0.25, 0.3) is 0 Å². The van der Waals surface area contributed by atoms with Crippen LogP contribution in [-0.4, -0.2) is 9.97 Å². The Hall–Kier alpha value is -2.95. The first-order valence-corrected chi connectivity index (χ1v) is 8.56. The van der Waals surface area contributed by atoms with Gasteiger partial charge in [0.05, 0.1) is 5.69 Å². The number of halogens is 1. The lowest BCUT2D eigenvalue weighted by Gasteiger charge is -2.19. The molecule has 1 heterocycles. The predicted octanol–water partition coefficient (Wildman–Crippen LogP) is 5.71. The van der Waals surface area contributed by atoms with Gasteiger partial charge in [0.2, 0.25) is 5.95 Å².